The predicted octanol–water partition coefficient (Wildman–Crippen LogP) is 3.24. The number of aromatic nitrogens is 2. The summed E-state index contributed by atoms with van der Waals surface area (Å²) in [5.74, 6) is 1.18. The van der Waals surface area contributed by atoms with Crippen LogP contribution in [-0.2, 0) is 13.0 Å². The molecule has 0 spiro atoms. The molecule has 4 N–H and O–H groups in total. The average molecular weight is 312 g/mol. The topological polar surface area (TPSA) is 83.8 Å². The van der Waals surface area contributed by atoms with E-state index in [9.17, 15) is 4.79 Å². The van der Waals surface area contributed by atoms with Gasteiger partial charge in [-0.1, -0.05) is 44.2 Å². The second kappa shape index (κ2) is 7.42. The van der Waals surface area contributed by atoms with Gasteiger partial charge in [-0.25, -0.2) is 0 Å². The van der Waals surface area contributed by atoms with E-state index in [-0.39, 0.29) is 5.91 Å². The molecule has 0 atom stereocenters. The summed E-state index contributed by atoms with van der Waals surface area (Å²) >= 11 is 0. The van der Waals surface area contributed by atoms with Gasteiger partial charge in [0.2, 0.25) is 0 Å². The lowest BCUT2D eigenvalue weighted by Crippen LogP contribution is -2.12. The van der Waals surface area contributed by atoms with E-state index in [0.29, 0.717) is 17.9 Å². The number of nitrogens with two attached hydrogens (primary N) is 1. The van der Waals surface area contributed by atoms with Crippen LogP contribution in [0.5, 0.6) is 0 Å². The predicted molar refractivity (Wildman–Crippen MR) is 91.2 cm³/mol. The third-order valence-corrected chi connectivity index (χ3v) is 4.56. The van der Waals surface area contributed by atoms with Crippen LogP contribution in [0.4, 0.5) is 5.82 Å². The van der Waals surface area contributed by atoms with Gasteiger partial charge in [-0.05, 0) is 30.0 Å². The van der Waals surface area contributed by atoms with Crippen molar-refractivity contribution in [3.8, 4) is 0 Å². The Hall–Kier alpha value is -2.14. The number of amides is 1. The van der Waals surface area contributed by atoms with E-state index in [1.165, 1.54) is 32.1 Å². The molecule has 1 aliphatic rings. The van der Waals surface area contributed by atoms with Crippen LogP contribution < -0.4 is 11.1 Å². The van der Waals surface area contributed by atoms with Gasteiger partial charge in [-0.2, -0.15) is 5.10 Å². The molecular weight excluding hydrogens is 288 g/mol. The number of carbonyl (C=O) groups is 1. The van der Waals surface area contributed by atoms with E-state index >= 15 is 0 Å². The molecular formula is C18H24N4O. The van der Waals surface area contributed by atoms with Gasteiger partial charge in [-0.15, -0.1) is 0 Å². The first-order chi connectivity index (χ1) is 11.2. The maximum Gasteiger partial charge on any atom is 0.256 e. The molecule has 0 aliphatic heterocycles. The number of nitrogens with zero attached hydrogens (tertiary/aromatic N) is 1. The lowest BCUT2D eigenvalue weighted by Gasteiger charge is -2.20. The Bertz CT molecular complexity index is 641. The van der Waals surface area contributed by atoms with E-state index < -0.39 is 0 Å². The van der Waals surface area contributed by atoms with Gasteiger partial charge in [0.05, 0.1) is 0 Å². The third-order valence-electron chi connectivity index (χ3n) is 4.56. The molecule has 1 fully saturated rings. The SMILES string of the molecule is NCc1ccc(C(=O)Nc2cc(CC3CCCCC3)[nH]n2)cc1. The Morgan fingerprint density at radius 1 is 1.22 bits per heavy atom. The highest BCUT2D eigenvalue weighted by molar-refractivity contribution is 6.03. The van der Waals surface area contributed by atoms with Crippen molar-refractivity contribution < 1.29 is 4.79 Å². The highest BCUT2D eigenvalue weighted by Gasteiger charge is 2.15. The van der Waals surface area contributed by atoms with Crippen molar-refractivity contribution in [3.63, 3.8) is 0 Å². The first kappa shape index (κ1) is 15.7. The summed E-state index contributed by atoms with van der Waals surface area (Å²) in [6, 6.07) is 9.25. The third kappa shape index (κ3) is 4.20. The number of hydrogen-bond donors (Lipinski definition) is 3. The first-order valence-corrected chi connectivity index (χ1v) is 8.39. The van der Waals surface area contributed by atoms with Crippen LogP contribution in [-0.4, -0.2) is 16.1 Å². The minimum absolute atomic E-state index is 0.149. The molecule has 3 rings (SSSR count). The zero-order valence-electron chi connectivity index (χ0n) is 13.3. The molecule has 1 heterocycles. The Morgan fingerprint density at radius 3 is 2.65 bits per heavy atom. The van der Waals surface area contributed by atoms with E-state index in [1.54, 1.807) is 12.1 Å². The minimum atomic E-state index is -0.149. The lowest BCUT2D eigenvalue weighted by atomic mass is 9.86. The second-order valence-corrected chi connectivity index (χ2v) is 6.34. The summed E-state index contributed by atoms with van der Waals surface area (Å²) < 4.78 is 0. The van der Waals surface area contributed by atoms with E-state index in [1.807, 2.05) is 18.2 Å². The van der Waals surface area contributed by atoms with E-state index in [2.05, 4.69) is 15.5 Å². The number of H-pyrrole nitrogens is 1. The van der Waals surface area contributed by atoms with Crippen LogP contribution in [0.15, 0.2) is 30.3 Å². The molecule has 1 amide bonds. The number of hydrogen-bond acceptors (Lipinski definition) is 3. The van der Waals surface area contributed by atoms with Crippen molar-refractivity contribution in [1.29, 1.82) is 0 Å². The van der Waals surface area contributed by atoms with Gasteiger partial charge in [0.1, 0.15) is 0 Å². The monoisotopic (exact) mass is 312 g/mol. The van der Waals surface area contributed by atoms with E-state index in [4.69, 9.17) is 5.73 Å². The average Bonchev–Trinajstić information content (AvgIpc) is 3.02. The van der Waals surface area contributed by atoms with Crippen LogP contribution in [0.25, 0.3) is 0 Å². The summed E-state index contributed by atoms with van der Waals surface area (Å²) in [6.45, 7) is 0.478. The van der Waals surface area contributed by atoms with Crippen molar-refractivity contribution in [2.75, 3.05) is 5.32 Å². The molecule has 0 saturated heterocycles. The zero-order valence-corrected chi connectivity index (χ0v) is 13.3. The van der Waals surface area contributed by atoms with Crippen molar-refractivity contribution in [1.82, 2.24) is 10.2 Å². The van der Waals surface area contributed by atoms with Gasteiger partial charge in [-0.3, -0.25) is 9.89 Å². The number of nitrogens with one attached hydrogen (secondary N) is 2. The molecule has 1 saturated carbocycles. The molecule has 23 heavy (non-hydrogen) atoms. The van der Waals surface area contributed by atoms with Gasteiger partial charge >= 0.3 is 0 Å². The summed E-state index contributed by atoms with van der Waals surface area (Å²) in [5, 5.41) is 10.1. The minimum Gasteiger partial charge on any atom is -0.326 e. The number of rotatable bonds is 5. The Kier molecular flexibility index (Phi) is 5.08. The van der Waals surface area contributed by atoms with Crippen molar-refractivity contribution in [2.24, 2.45) is 11.7 Å². The van der Waals surface area contributed by atoms with Crippen LogP contribution >= 0.6 is 0 Å². The summed E-state index contributed by atoms with van der Waals surface area (Å²) in [7, 11) is 0. The fourth-order valence-electron chi connectivity index (χ4n) is 3.21. The summed E-state index contributed by atoms with van der Waals surface area (Å²) in [4.78, 5) is 12.2. The van der Waals surface area contributed by atoms with Gasteiger partial charge < -0.3 is 11.1 Å². The Morgan fingerprint density at radius 2 is 1.96 bits per heavy atom. The highest BCUT2D eigenvalue weighted by atomic mass is 16.1. The molecule has 122 valence electrons. The van der Waals surface area contributed by atoms with Crippen LogP contribution in [0.2, 0.25) is 0 Å². The molecule has 1 aromatic heterocycles. The van der Waals surface area contributed by atoms with Crippen LogP contribution in [0.3, 0.4) is 0 Å². The maximum absolute atomic E-state index is 12.2. The summed E-state index contributed by atoms with van der Waals surface area (Å²) in [6.07, 6.45) is 7.66. The van der Waals surface area contributed by atoms with Crippen molar-refractivity contribution in [3.05, 3.63) is 47.2 Å². The smallest absolute Gasteiger partial charge is 0.256 e. The largest absolute Gasteiger partial charge is 0.326 e. The van der Waals surface area contributed by atoms with Gasteiger partial charge in [0.15, 0.2) is 5.82 Å². The Labute approximate surface area is 136 Å². The quantitative estimate of drug-likeness (QED) is 0.792. The molecule has 5 nitrogen and oxygen atoms in total. The number of anilines is 1. The molecule has 1 aromatic carbocycles. The zero-order chi connectivity index (χ0) is 16.1. The van der Waals surface area contributed by atoms with E-state index in [0.717, 1.165) is 23.6 Å². The molecule has 1 aliphatic carbocycles. The van der Waals surface area contributed by atoms with Crippen LogP contribution in [0.1, 0.15) is 53.7 Å². The first-order valence-electron chi connectivity index (χ1n) is 8.39. The maximum atomic E-state index is 12.2. The Balaban J connectivity index is 1.58. The molecule has 0 radical (unpaired) electrons. The number of aromatic amines is 1. The molecule has 0 bridgehead atoms. The molecule has 2 aromatic rings. The molecule has 0 unspecified atom stereocenters. The standard InChI is InChI=1S/C18H24N4O/c19-12-14-6-8-15(9-7-14)18(23)20-17-11-16(21-22-17)10-13-4-2-1-3-5-13/h6-9,11,13H,1-5,10,12,19H2,(H2,20,21,22,23). The highest BCUT2D eigenvalue weighted by Crippen LogP contribution is 2.26. The van der Waals surface area contributed by atoms with Gasteiger partial charge in [0, 0.05) is 23.9 Å². The van der Waals surface area contributed by atoms with Crippen LogP contribution in [0, 0.1) is 5.92 Å². The summed E-state index contributed by atoms with van der Waals surface area (Å²) in [5.41, 5.74) is 8.29. The number of benzene rings is 1. The molecule has 5 heteroatoms. The fraction of sp³-hybridized carbons (Fsp3) is 0.444. The van der Waals surface area contributed by atoms with Gasteiger partial charge in [0.25, 0.3) is 5.91 Å². The lowest BCUT2D eigenvalue weighted by molar-refractivity contribution is 0.102. The normalized spacial score (nSPS) is 15.5. The number of carbonyl (C=O) groups excluding carboxylic acids is 1. The van der Waals surface area contributed by atoms with Crippen molar-refractivity contribution in [2.45, 2.75) is 45.1 Å². The second-order valence-electron chi connectivity index (χ2n) is 6.34. The fourth-order valence-corrected chi connectivity index (χ4v) is 3.21. The van der Waals surface area contributed by atoms with Crippen molar-refractivity contribution >= 4 is 11.7 Å².